The van der Waals surface area contributed by atoms with Crippen LogP contribution in [0.3, 0.4) is 0 Å². The van der Waals surface area contributed by atoms with Crippen LogP contribution in [0.1, 0.15) is 52.9 Å². The number of fused-ring (bicyclic) bond motifs is 2. The fourth-order valence-corrected chi connectivity index (χ4v) is 6.89. The highest BCUT2D eigenvalue weighted by atomic mass is 32.2. The second-order valence-electron chi connectivity index (χ2n) is 11.2. The summed E-state index contributed by atoms with van der Waals surface area (Å²) in [6.45, 7) is 9.22. The lowest BCUT2D eigenvalue weighted by Crippen LogP contribution is -2.38. The van der Waals surface area contributed by atoms with E-state index in [1.165, 1.54) is 12.5 Å². The zero-order chi connectivity index (χ0) is 31.3. The first-order valence-corrected chi connectivity index (χ1v) is 17.0. The Morgan fingerprint density at radius 3 is 2.45 bits per heavy atom. The highest BCUT2D eigenvalue weighted by molar-refractivity contribution is 7.85. The SMILES string of the molecule is CCN(CCOC(=O)NC1CCCCC1)c1ccc2c(-c3ccccc3S(=O)(=O)[O-])c3ccc(=[N+](CC)CC)cc-3oc2c1. The van der Waals surface area contributed by atoms with Crippen LogP contribution in [0.25, 0.3) is 33.4 Å². The summed E-state index contributed by atoms with van der Waals surface area (Å²) < 4.78 is 51.2. The van der Waals surface area contributed by atoms with Crippen molar-refractivity contribution in [2.45, 2.75) is 63.8 Å². The maximum absolute atomic E-state index is 12.4. The Morgan fingerprint density at radius 2 is 1.75 bits per heavy atom. The number of likely N-dealkylation sites (N-methyl/N-ethyl adjacent to an activating group) is 1. The molecule has 2 aromatic rings. The number of carbonyl (C=O) groups is 1. The summed E-state index contributed by atoms with van der Waals surface area (Å²) in [4.78, 5) is 14.2. The summed E-state index contributed by atoms with van der Waals surface area (Å²) in [5.74, 6) is 0.581. The fraction of sp³-hybridized carbons (Fsp3) is 0.412. The summed E-state index contributed by atoms with van der Waals surface area (Å²) in [7, 11) is -4.74. The van der Waals surface area contributed by atoms with Crippen LogP contribution in [-0.4, -0.2) is 57.9 Å². The zero-order valence-electron chi connectivity index (χ0n) is 25.7. The Hall–Kier alpha value is -3.89. The lowest BCUT2D eigenvalue weighted by molar-refractivity contribution is 0.142. The molecular weight excluding hydrogens is 578 g/mol. The zero-order valence-corrected chi connectivity index (χ0v) is 26.5. The number of amides is 1. The van der Waals surface area contributed by atoms with Gasteiger partial charge in [0.1, 0.15) is 41.2 Å². The van der Waals surface area contributed by atoms with Gasteiger partial charge in [-0.25, -0.2) is 17.8 Å². The maximum Gasteiger partial charge on any atom is 0.407 e. The summed E-state index contributed by atoms with van der Waals surface area (Å²) in [5.41, 5.74) is 3.09. The highest BCUT2D eigenvalue weighted by Crippen LogP contribution is 2.42. The fourth-order valence-electron chi connectivity index (χ4n) is 6.20. The van der Waals surface area contributed by atoms with Crippen molar-refractivity contribution in [3.8, 4) is 22.5 Å². The van der Waals surface area contributed by atoms with Crippen molar-refractivity contribution in [3.05, 3.63) is 66.0 Å². The van der Waals surface area contributed by atoms with Gasteiger partial charge in [0.2, 0.25) is 5.36 Å². The van der Waals surface area contributed by atoms with Crippen molar-refractivity contribution in [1.82, 2.24) is 9.89 Å². The van der Waals surface area contributed by atoms with E-state index in [2.05, 4.69) is 28.6 Å². The van der Waals surface area contributed by atoms with Crippen LogP contribution in [0, 0.1) is 0 Å². The van der Waals surface area contributed by atoms with Crippen molar-refractivity contribution >= 4 is 32.9 Å². The molecule has 2 aliphatic carbocycles. The summed E-state index contributed by atoms with van der Waals surface area (Å²) in [6.07, 6.45) is 5.09. The average Bonchev–Trinajstić information content (AvgIpc) is 3.02. The Bertz CT molecular complexity index is 1770. The van der Waals surface area contributed by atoms with E-state index in [9.17, 15) is 17.8 Å². The van der Waals surface area contributed by atoms with Crippen LogP contribution >= 0.6 is 0 Å². The van der Waals surface area contributed by atoms with Gasteiger partial charge in [0, 0.05) is 52.5 Å². The van der Waals surface area contributed by atoms with Gasteiger partial charge >= 0.3 is 6.09 Å². The van der Waals surface area contributed by atoms with Gasteiger partial charge in [-0.1, -0.05) is 37.5 Å². The molecule has 10 heteroatoms. The van der Waals surface area contributed by atoms with Gasteiger partial charge in [-0.2, -0.15) is 0 Å². The quantitative estimate of drug-likeness (QED) is 0.135. The largest absolute Gasteiger partial charge is 0.744 e. The standard InChI is InChI=1S/C34H41N3O6S/c1-4-36(5-2)25-16-18-27-30(22-25)43-31-23-26(37(6-3)20-21-42-34(38)35-24-12-8-7-9-13-24)17-19-28(31)33(27)29-14-10-11-15-32(29)44(39,40)41/h10-11,14-19,22-24H,4-9,12-13,20-21H2,1-3H3,(H-,35,38,39,40,41). The van der Waals surface area contributed by atoms with Crippen LogP contribution < -0.4 is 20.1 Å². The minimum atomic E-state index is -4.74. The summed E-state index contributed by atoms with van der Waals surface area (Å²) in [6, 6.07) is 18.1. The highest BCUT2D eigenvalue weighted by Gasteiger charge is 2.23. The van der Waals surface area contributed by atoms with E-state index in [0.717, 1.165) is 49.8 Å². The van der Waals surface area contributed by atoms with Gasteiger partial charge in [0.15, 0.2) is 0 Å². The van der Waals surface area contributed by atoms with Gasteiger partial charge < -0.3 is 23.9 Å². The molecule has 44 heavy (non-hydrogen) atoms. The lowest BCUT2D eigenvalue weighted by atomic mass is 9.93. The summed E-state index contributed by atoms with van der Waals surface area (Å²) >= 11 is 0. The molecule has 1 saturated carbocycles. The molecule has 0 spiro atoms. The van der Waals surface area contributed by atoms with E-state index in [0.29, 0.717) is 46.5 Å². The van der Waals surface area contributed by atoms with Gasteiger partial charge in [-0.15, -0.1) is 0 Å². The Labute approximate surface area is 259 Å². The number of rotatable bonds is 10. The molecule has 2 aromatic carbocycles. The second kappa shape index (κ2) is 13.8. The Balaban J connectivity index is 1.54. The topological polar surface area (TPSA) is 115 Å². The van der Waals surface area contributed by atoms with Gasteiger partial charge in [-0.05, 0) is 57.9 Å². The average molecular weight is 620 g/mol. The molecule has 0 saturated heterocycles. The van der Waals surface area contributed by atoms with E-state index in [1.807, 2.05) is 43.3 Å². The Kier molecular flexibility index (Phi) is 9.90. The van der Waals surface area contributed by atoms with Gasteiger partial charge in [0.05, 0.1) is 17.5 Å². The van der Waals surface area contributed by atoms with Crippen LogP contribution in [0.15, 0.2) is 70.0 Å². The second-order valence-corrected chi connectivity index (χ2v) is 12.5. The molecule has 0 atom stereocenters. The molecule has 0 radical (unpaired) electrons. The molecule has 3 aliphatic rings. The van der Waals surface area contributed by atoms with Crippen molar-refractivity contribution in [2.75, 3.05) is 37.7 Å². The van der Waals surface area contributed by atoms with Crippen molar-refractivity contribution < 1.29 is 26.9 Å². The van der Waals surface area contributed by atoms with E-state index < -0.39 is 10.1 Å². The van der Waals surface area contributed by atoms with Gasteiger partial charge in [-0.3, -0.25) is 0 Å². The molecule has 1 amide bonds. The molecule has 9 nitrogen and oxygen atoms in total. The minimum absolute atomic E-state index is 0.189. The van der Waals surface area contributed by atoms with E-state index in [4.69, 9.17) is 9.15 Å². The molecule has 1 fully saturated rings. The molecule has 0 aromatic heterocycles. The first-order chi connectivity index (χ1) is 21.2. The molecular formula is C34H41N3O6S. The monoisotopic (exact) mass is 619 g/mol. The van der Waals surface area contributed by atoms with Crippen LogP contribution in [0.4, 0.5) is 10.5 Å². The van der Waals surface area contributed by atoms with Crippen molar-refractivity contribution in [3.63, 3.8) is 0 Å². The normalized spacial score (nSPS) is 14.1. The predicted molar refractivity (Wildman–Crippen MR) is 172 cm³/mol. The first kappa shape index (κ1) is 31.5. The third-order valence-corrected chi connectivity index (χ3v) is 9.41. The molecule has 0 bridgehead atoms. The molecule has 234 valence electrons. The van der Waals surface area contributed by atoms with Crippen LogP contribution in [0.5, 0.6) is 0 Å². The Morgan fingerprint density at radius 1 is 1.00 bits per heavy atom. The number of hydrogen-bond acceptors (Lipinski definition) is 7. The number of anilines is 1. The molecule has 0 unspecified atom stereocenters. The molecule has 5 rings (SSSR count). The van der Waals surface area contributed by atoms with Crippen molar-refractivity contribution in [1.29, 1.82) is 0 Å². The molecule has 1 aliphatic heterocycles. The smallest absolute Gasteiger partial charge is 0.407 e. The van der Waals surface area contributed by atoms with E-state index in [1.54, 1.807) is 18.2 Å². The van der Waals surface area contributed by atoms with Crippen molar-refractivity contribution in [2.24, 2.45) is 0 Å². The number of ether oxygens (including phenoxy) is 1. The lowest BCUT2D eigenvalue weighted by Gasteiger charge is -2.25. The number of nitrogens with one attached hydrogen (secondary N) is 1. The third-order valence-electron chi connectivity index (χ3n) is 8.51. The van der Waals surface area contributed by atoms with Crippen LogP contribution in [0.2, 0.25) is 0 Å². The van der Waals surface area contributed by atoms with E-state index >= 15 is 0 Å². The number of benzene rings is 3. The molecule has 1 N–H and O–H groups in total. The number of hydrogen-bond donors (Lipinski definition) is 1. The molecule has 1 heterocycles. The number of carbonyl (C=O) groups excluding carboxylic acids is 1. The maximum atomic E-state index is 12.4. The number of nitrogens with zero attached hydrogens (tertiary/aromatic N) is 2. The first-order valence-electron chi connectivity index (χ1n) is 15.6. The third kappa shape index (κ3) is 6.92. The minimum Gasteiger partial charge on any atom is -0.744 e. The summed E-state index contributed by atoms with van der Waals surface area (Å²) in [5, 5.41) is 4.66. The van der Waals surface area contributed by atoms with E-state index in [-0.39, 0.29) is 23.6 Å². The van der Waals surface area contributed by atoms with Gasteiger partial charge in [0.25, 0.3) is 0 Å². The van der Waals surface area contributed by atoms with Crippen LogP contribution in [-0.2, 0) is 14.9 Å². The number of alkyl carbamates (subject to hydrolysis) is 1. The predicted octanol–water partition coefficient (Wildman–Crippen LogP) is 5.81.